The van der Waals surface area contributed by atoms with Crippen molar-refractivity contribution in [1.29, 1.82) is 0 Å². The van der Waals surface area contributed by atoms with E-state index < -0.39 is 23.9 Å². The van der Waals surface area contributed by atoms with Crippen LogP contribution in [0.5, 0.6) is 0 Å². The Hall–Kier alpha value is -3.36. The lowest BCUT2D eigenvalue weighted by molar-refractivity contribution is -0.129. The Bertz CT molecular complexity index is 1100. The molecule has 1 aromatic heterocycles. The number of hydrogen-bond acceptors (Lipinski definition) is 5. The van der Waals surface area contributed by atoms with Crippen LogP contribution in [0.3, 0.4) is 0 Å². The number of furan rings is 1. The van der Waals surface area contributed by atoms with Crippen LogP contribution in [-0.4, -0.2) is 71.2 Å². The fourth-order valence-electron chi connectivity index (χ4n) is 5.13. The van der Waals surface area contributed by atoms with Gasteiger partial charge in [-0.15, -0.1) is 0 Å². The van der Waals surface area contributed by atoms with Crippen LogP contribution in [0.2, 0.25) is 0 Å². The van der Waals surface area contributed by atoms with Gasteiger partial charge in [0.2, 0.25) is 5.91 Å². The van der Waals surface area contributed by atoms with Crippen LogP contribution in [0.25, 0.3) is 11.0 Å². The highest BCUT2D eigenvalue weighted by atomic mass is 16.3. The lowest BCUT2D eigenvalue weighted by atomic mass is 10.0. The van der Waals surface area contributed by atoms with Gasteiger partial charge in [-0.3, -0.25) is 14.4 Å². The standard InChI is InChI=1S/C28H38N4O5/c1-18(2)15-22(30-27(35)25-16-20-9-5-6-10-24(20)37-25)26(34)29-21-12-11-19(3)32(17-23(21)33)28(36)31-13-7-4-8-14-31/h5-6,9-10,16,18-19,21-22H,4,7-8,11-15,17H2,1-3H3,(H,29,34)(H,30,35)/t19-,21+,22+/m1/s1. The van der Waals surface area contributed by atoms with Crippen LogP contribution >= 0.6 is 0 Å². The molecule has 37 heavy (non-hydrogen) atoms. The molecule has 2 aromatic rings. The Balaban J connectivity index is 1.41. The summed E-state index contributed by atoms with van der Waals surface area (Å²) in [5, 5.41) is 6.47. The molecule has 2 N–H and O–H groups in total. The van der Waals surface area contributed by atoms with E-state index in [0.717, 1.165) is 37.7 Å². The minimum Gasteiger partial charge on any atom is -0.451 e. The van der Waals surface area contributed by atoms with Gasteiger partial charge in [0.25, 0.3) is 5.91 Å². The Morgan fingerprint density at radius 2 is 1.81 bits per heavy atom. The number of benzene rings is 1. The quantitative estimate of drug-likeness (QED) is 0.615. The van der Waals surface area contributed by atoms with Gasteiger partial charge in [0.1, 0.15) is 11.6 Å². The van der Waals surface area contributed by atoms with Crippen molar-refractivity contribution in [1.82, 2.24) is 20.4 Å². The van der Waals surface area contributed by atoms with Crippen LogP contribution in [0.1, 0.15) is 69.9 Å². The second-order valence-corrected chi connectivity index (χ2v) is 10.7. The van der Waals surface area contributed by atoms with E-state index in [1.807, 2.05) is 43.9 Å². The number of carbonyl (C=O) groups is 4. The van der Waals surface area contributed by atoms with E-state index in [-0.39, 0.29) is 36.1 Å². The summed E-state index contributed by atoms with van der Waals surface area (Å²) in [5.41, 5.74) is 0.597. The van der Waals surface area contributed by atoms with E-state index in [0.29, 0.717) is 24.8 Å². The number of para-hydroxylation sites is 1. The number of rotatable bonds is 6. The highest BCUT2D eigenvalue weighted by molar-refractivity contribution is 5.99. The number of urea groups is 1. The molecule has 0 bridgehead atoms. The molecule has 9 heteroatoms. The third-order valence-corrected chi connectivity index (χ3v) is 7.29. The van der Waals surface area contributed by atoms with Gasteiger partial charge in [-0.25, -0.2) is 4.79 Å². The molecular formula is C28H38N4O5. The van der Waals surface area contributed by atoms with Crippen LogP contribution in [0.4, 0.5) is 4.79 Å². The number of carbonyl (C=O) groups excluding carboxylic acids is 4. The maximum Gasteiger partial charge on any atom is 0.320 e. The molecule has 0 aliphatic carbocycles. The molecule has 0 radical (unpaired) electrons. The molecule has 200 valence electrons. The van der Waals surface area contributed by atoms with Crippen LogP contribution in [0, 0.1) is 5.92 Å². The van der Waals surface area contributed by atoms with Crippen molar-refractivity contribution in [3.05, 3.63) is 36.1 Å². The number of hydrogen-bond donors (Lipinski definition) is 2. The summed E-state index contributed by atoms with van der Waals surface area (Å²) in [6, 6.07) is 7.26. The lowest BCUT2D eigenvalue weighted by Gasteiger charge is -2.35. The molecule has 9 nitrogen and oxygen atoms in total. The van der Waals surface area contributed by atoms with Gasteiger partial charge in [0.15, 0.2) is 11.5 Å². The lowest BCUT2D eigenvalue weighted by Crippen LogP contribution is -2.53. The summed E-state index contributed by atoms with van der Waals surface area (Å²) < 4.78 is 5.66. The largest absolute Gasteiger partial charge is 0.451 e. The highest BCUT2D eigenvalue weighted by Crippen LogP contribution is 2.21. The van der Waals surface area contributed by atoms with E-state index >= 15 is 0 Å². The molecule has 4 amide bonds. The van der Waals surface area contributed by atoms with Gasteiger partial charge in [-0.1, -0.05) is 32.0 Å². The number of nitrogens with zero attached hydrogens (tertiary/aromatic N) is 2. The fourth-order valence-corrected chi connectivity index (χ4v) is 5.13. The average molecular weight is 511 g/mol. The number of Topliss-reactive ketones (excluding diaryl/α,β-unsaturated/α-hetero) is 1. The minimum atomic E-state index is -0.819. The van der Waals surface area contributed by atoms with Gasteiger partial charge >= 0.3 is 6.03 Å². The molecule has 3 heterocycles. The Kier molecular flexibility index (Phi) is 8.51. The van der Waals surface area contributed by atoms with Crippen molar-refractivity contribution >= 4 is 34.6 Å². The summed E-state index contributed by atoms with van der Waals surface area (Å²) in [6.45, 7) is 7.30. The predicted molar refractivity (Wildman–Crippen MR) is 140 cm³/mol. The second kappa shape index (κ2) is 11.8. The SMILES string of the molecule is CC(C)C[C@H](NC(=O)c1cc2ccccc2o1)C(=O)N[C@H]1CC[C@@H](C)N(C(=O)N2CCCCC2)CC1=O. The van der Waals surface area contributed by atoms with E-state index in [4.69, 9.17) is 4.42 Å². The minimum absolute atomic E-state index is 0.0262. The van der Waals surface area contributed by atoms with Crippen molar-refractivity contribution in [3.8, 4) is 0 Å². The zero-order valence-electron chi connectivity index (χ0n) is 22.0. The molecule has 3 atom stereocenters. The topological polar surface area (TPSA) is 112 Å². The summed E-state index contributed by atoms with van der Waals surface area (Å²) in [7, 11) is 0. The monoisotopic (exact) mass is 510 g/mol. The van der Waals surface area contributed by atoms with Gasteiger partial charge in [-0.2, -0.15) is 0 Å². The van der Waals surface area contributed by atoms with Gasteiger partial charge in [-0.05, 0) is 63.5 Å². The van der Waals surface area contributed by atoms with E-state index in [2.05, 4.69) is 10.6 Å². The summed E-state index contributed by atoms with van der Waals surface area (Å²) in [4.78, 5) is 56.0. The third kappa shape index (κ3) is 6.50. The number of ketones is 1. The molecule has 2 saturated heterocycles. The molecule has 0 unspecified atom stereocenters. The maximum absolute atomic E-state index is 13.3. The first-order valence-corrected chi connectivity index (χ1v) is 13.4. The molecule has 0 saturated carbocycles. The normalized spacial score (nSPS) is 21.6. The van der Waals surface area contributed by atoms with Crippen molar-refractivity contribution < 1.29 is 23.6 Å². The van der Waals surface area contributed by atoms with E-state index in [1.54, 1.807) is 17.0 Å². The van der Waals surface area contributed by atoms with Crippen molar-refractivity contribution in [2.75, 3.05) is 19.6 Å². The maximum atomic E-state index is 13.3. The molecular weight excluding hydrogens is 472 g/mol. The number of fused-ring (bicyclic) bond motifs is 1. The number of piperidine rings is 1. The van der Waals surface area contributed by atoms with Gasteiger partial charge < -0.3 is 24.9 Å². The zero-order valence-corrected chi connectivity index (χ0v) is 22.0. The molecule has 0 spiro atoms. The second-order valence-electron chi connectivity index (χ2n) is 10.7. The molecule has 2 fully saturated rings. The summed E-state index contributed by atoms with van der Waals surface area (Å²) in [6.07, 6.45) is 4.55. The summed E-state index contributed by atoms with van der Waals surface area (Å²) >= 11 is 0. The van der Waals surface area contributed by atoms with E-state index in [1.165, 1.54) is 0 Å². The first kappa shape index (κ1) is 26.7. The predicted octanol–water partition coefficient (Wildman–Crippen LogP) is 3.72. The first-order chi connectivity index (χ1) is 17.7. The first-order valence-electron chi connectivity index (χ1n) is 13.4. The Labute approximate surface area is 217 Å². The fraction of sp³-hybridized carbons (Fsp3) is 0.571. The number of nitrogens with one attached hydrogen (secondary N) is 2. The molecule has 4 rings (SSSR count). The number of amides is 4. The van der Waals surface area contributed by atoms with E-state index in [9.17, 15) is 19.2 Å². The van der Waals surface area contributed by atoms with Crippen molar-refractivity contribution in [2.24, 2.45) is 5.92 Å². The Morgan fingerprint density at radius 1 is 1.08 bits per heavy atom. The average Bonchev–Trinajstić information content (AvgIpc) is 3.27. The Morgan fingerprint density at radius 3 is 2.51 bits per heavy atom. The van der Waals surface area contributed by atoms with Crippen LogP contribution in [-0.2, 0) is 9.59 Å². The number of likely N-dealkylation sites (tertiary alicyclic amines) is 2. The van der Waals surface area contributed by atoms with Crippen LogP contribution < -0.4 is 10.6 Å². The third-order valence-electron chi connectivity index (χ3n) is 7.29. The van der Waals surface area contributed by atoms with Gasteiger partial charge in [0.05, 0.1) is 12.6 Å². The van der Waals surface area contributed by atoms with Gasteiger partial charge in [0, 0.05) is 24.5 Å². The van der Waals surface area contributed by atoms with Crippen molar-refractivity contribution in [3.63, 3.8) is 0 Å². The van der Waals surface area contributed by atoms with Crippen molar-refractivity contribution in [2.45, 2.75) is 77.4 Å². The summed E-state index contributed by atoms with van der Waals surface area (Å²) in [5.74, 6) is -0.797. The zero-order chi connectivity index (χ0) is 26.5. The van der Waals surface area contributed by atoms with Crippen LogP contribution in [0.15, 0.2) is 34.7 Å². The smallest absolute Gasteiger partial charge is 0.320 e. The molecule has 2 aliphatic rings. The molecule has 1 aromatic carbocycles. The molecule has 2 aliphatic heterocycles. The highest BCUT2D eigenvalue weighted by Gasteiger charge is 2.35.